The van der Waals surface area contributed by atoms with Crippen LogP contribution in [0.5, 0.6) is 17.2 Å². The van der Waals surface area contributed by atoms with E-state index in [2.05, 4.69) is 0 Å². The molecule has 1 aliphatic heterocycles. The maximum atomic E-state index is 13.5. The third-order valence-corrected chi connectivity index (χ3v) is 6.29. The number of rotatable bonds is 7. The van der Waals surface area contributed by atoms with Crippen molar-refractivity contribution in [2.24, 2.45) is 0 Å². The van der Waals surface area contributed by atoms with E-state index >= 15 is 0 Å². The summed E-state index contributed by atoms with van der Waals surface area (Å²) in [6.07, 6.45) is -0.110. The van der Waals surface area contributed by atoms with Crippen molar-refractivity contribution in [1.29, 1.82) is 5.26 Å². The highest BCUT2D eigenvalue weighted by Gasteiger charge is 2.47. The molecule has 1 atom stereocenters. The van der Waals surface area contributed by atoms with Gasteiger partial charge in [-0.3, -0.25) is 14.5 Å². The van der Waals surface area contributed by atoms with Crippen LogP contribution in [0, 0.1) is 11.3 Å². The van der Waals surface area contributed by atoms with E-state index in [0.29, 0.717) is 22.6 Å². The Hall–Kier alpha value is -4.48. The van der Waals surface area contributed by atoms with Gasteiger partial charge >= 0.3 is 0 Å². The van der Waals surface area contributed by atoms with Crippen LogP contribution in [0.15, 0.2) is 66.2 Å². The summed E-state index contributed by atoms with van der Waals surface area (Å²) in [5, 5.41) is 21.0. The highest BCUT2D eigenvalue weighted by molar-refractivity contribution is 6.51. The molecule has 1 fully saturated rings. The lowest BCUT2D eigenvalue weighted by Gasteiger charge is -2.26. The first-order valence-corrected chi connectivity index (χ1v) is 12.1. The van der Waals surface area contributed by atoms with E-state index in [4.69, 9.17) is 25.8 Å². The Morgan fingerprint density at radius 2 is 1.71 bits per heavy atom. The molecular weight excluding hydrogens is 508 g/mol. The second kappa shape index (κ2) is 10.9. The van der Waals surface area contributed by atoms with Crippen molar-refractivity contribution in [3.8, 4) is 23.3 Å². The Morgan fingerprint density at radius 3 is 2.32 bits per heavy atom. The Balaban J connectivity index is 1.99. The zero-order chi connectivity index (χ0) is 27.6. The van der Waals surface area contributed by atoms with Gasteiger partial charge in [-0.05, 0) is 61.9 Å². The van der Waals surface area contributed by atoms with Crippen LogP contribution < -0.4 is 19.1 Å². The van der Waals surface area contributed by atoms with Gasteiger partial charge in [0.2, 0.25) is 0 Å². The third kappa shape index (κ3) is 4.89. The number of carbonyl (C=O) groups excluding carboxylic acids is 2. The second-order valence-electron chi connectivity index (χ2n) is 8.75. The van der Waals surface area contributed by atoms with Crippen molar-refractivity contribution >= 4 is 34.7 Å². The molecule has 9 heteroatoms. The molecule has 3 aromatic carbocycles. The summed E-state index contributed by atoms with van der Waals surface area (Å²) in [6.45, 7) is 3.77. The molecule has 194 valence electrons. The smallest absolute Gasteiger partial charge is 0.300 e. The minimum absolute atomic E-state index is 0.110. The van der Waals surface area contributed by atoms with Gasteiger partial charge in [0.1, 0.15) is 23.0 Å². The Morgan fingerprint density at radius 1 is 1.03 bits per heavy atom. The van der Waals surface area contributed by atoms with Crippen molar-refractivity contribution in [3.63, 3.8) is 0 Å². The fourth-order valence-corrected chi connectivity index (χ4v) is 4.56. The molecule has 1 N–H and O–H groups in total. The first-order chi connectivity index (χ1) is 18.2. The SMILES string of the molecule is COc1cc(/C(O)=C2\C(=O)C(=O)N(c3ccc(C#N)cc3)C2c2cccc(OC(C)C)c2)c(OC)cc1Cl. The number of Topliss-reactive ketones (excluding diaryl/α,β-unsaturated/α-hetero) is 1. The minimum Gasteiger partial charge on any atom is -0.507 e. The zero-order valence-corrected chi connectivity index (χ0v) is 21.9. The van der Waals surface area contributed by atoms with E-state index in [1.807, 2.05) is 19.9 Å². The summed E-state index contributed by atoms with van der Waals surface area (Å²) < 4.78 is 16.6. The summed E-state index contributed by atoms with van der Waals surface area (Å²) in [5.74, 6) is -1.20. The van der Waals surface area contributed by atoms with Gasteiger partial charge in [-0.15, -0.1) is 0 Å². The number of hydrogen-bond acceptors (Lipinski definition) is 7. The second-order valence-corrected chi connectivity index (χ2v) is 9.16. The molecule has 0 aromatic heterocycles. The molecule has 38 heavy (non-hydrogen) atoms. The number of halogens is 1. The molecule has 4 rings (SSSR count). The normalized spacial score (nSPS) is 16.4. The number of aliphatic hydroxyl groups excluding tert-OH is 1. The molecule has 1 unspecified atom stereocenters. The number of methoxy groups -OCH3 is 2. The van der Waals surface area contributed by atoms with Crippen LogP contribution in [-0.2, 0) is 9.59 Å². The third-order valence-electron chi connectivity index (χ3n) is 5.99. The van der Waals surface area contributed by atoms with Crippen LogP contribution >= 0.6 is 11.6 Å². The van der Waals surface area contributed by atoms with Crippen LogP contribution in [0.3, 0.4) is 0 Å². The largest absolute Gasteiger partial charge is 0.507 e. The number of benzene rings is 3. The van der Waals surface area contributed by atoms with Gasteiger partial charge in [0, 0.05) is 11.8 Å². The summed E-state index contributed by atoms with van der Waals surface area (Å²) in [7, 11) is 2.82. The average Bonchev–Trinajstić information content (AvgIpc) is 3.18. The number of aliphatic hydroxyl groups is 1. The fourth-order valence-electron chi connectivity index (χ4n) is 4.33. The number of nitrogens with zero attached hydrogens (tertiary/aromatic N) is 2. The molecule has 1 amide bonds. The number of anilines is 1. The van der Waals surface area contributed by atoms with Crippen molar-refractivity contribution in [3.05, 3.63) is 87.9 Å². The highest BCUT2D eigenvalue weighted by atomic mass is 35.5. The lowest BCUT2D eigenvalue weighted by atomic mass is 9.94. The van der Waals surface area contributed by atoms with Crippen LogP contribution in [0.4, 0.5) is 5.69 Å². The summed E-state index contributed by atoms with van der Waals surface area (Å²) in [6, 6.07) is 17.2. The molecule has 0 bridgehead atoms. The van der Waals surface area contributed by atoms with E-state index < -0.39 is 23.5 Å². The first-order valence-electron chi connectivity index (χ1n) is 11.7. The summed E-state index contributed by atoms with van der Waals surface area (Å²) >= 11 is 6.24. The number of nitriles is 1. The lowest BCUT2D eigenvalue weighted by Crippen LogP contribution is -2.29. The molecule has 8 nitrogen and oxygen atoms in total. The number of ether oxygens (including phenoxy) is 3. The predicted octanol–water partition coefficient (Wildman–Crippen LogP) is 5.64. The Labute approximate surface area is 225 Å². The van der Waals surface area contributed by atoms with Crippen molar-refractivity contribution < 1.29 is 28.9 Å². The monoisotopic (exact) mass is 532 g/mol. The molecule has 0 spiro atoms. The van der Waals surface area contributed by atoms with Gasteiger partial charge in [0.15, 0.2) is 0 Å². The van der Waals surface area contributed by atoms with E-state index in [1.165, 1.54) is 31.3 Å². The highest BCUT2D eigenvalue weighted by Crippen LogP contribution is 2.45. The maximum absolute atomic E-state index is 13.5. The van der Waals surface area contributed by atoms with Crippen LogP contribution in [-0.4, -0.2) is 37.1 Å². The Kier molecular flexibility index (Phi) is 7.60. The number of hydrogen-bond donors (Lipinski definition) is 1. The predicted molar refractivity (Wildman–Crippen MR) is 143 cm³/mol. The van der Waals surface area contributed by atoms with Gasteiger partial charge in [0.25, 0.3) is 11.7 Å². The van der Waals surface area contributed by atoms with Gasteiger partial charge in [-0.1, -0.05) is 23.7 Å². The van der Waals surface area contributed by atoms with Crippen LogP contribution in [0.1, 0.15) is 36.6 Å². The zero-order valence-electron chi connectivity index (χ0n) is 21.2. The van der Waals surface area contributed by atoms with Gasteiger partial charge in [0.05, 0.1) is 54.2 Å². The summed E-state index contributed by atoms with van der Waals surface area (Å²) in [5.41, 5.74) is 1.29. The van der Waals surface area contributed by atoms with Gasteiger partial charge in [-0.2, -0.15) is 5.26 Å². The molecule has 0 aliphatic carbocycles. The van der Waals surface area contributed by atoms with Crippen molar-refractivity contribution in [2.45, 2.75) is 26.0 Å². The summed E-state index contributed by atoms with van der Waals surface area (Å²) in [4.78, 5) is 28.2. The molecule has 3 aromatic rings. The molecule has 1 saturated heterocycles. The van der Waals surface area contributed by atoms with E-state index in [1.54, 1.807) is 48.5 Å². The van der Waals surface area contributed by atoms with Gasteiger partial charge in [-0.25, -0.2) is 0 Å². The molecular formula is C29H25ClN2O6. The van der Waals surface area contributed by atoms with Crippen molar-refractivity contribution in [2.75, 3.05) is 19.1 Å². The van der Waals surface area contributed by atoms with E-state index in [9.17, 15) is 20.0 Å². The number of carbonyl (C=O) groups is 2. The standard InChI is InChI=1S/C29H25ClN2O6/c1-16(2)38-20-7-5-6-18(12-20)26-25(27(33)21-13-24(37-4)22(30)14-23(21)36-3)28(34)29(35)32(26)19-10-8-17(15-31)9-11-19/h5-14,16,26,33H,1-4H3/b27-25+. The van der Waals surface area contributed by atoms with Crippen LogP contribution in [0.2, 0.25) is 5.02 Å². The number of amides is 1. The van der Waals surface area contributed by atoms with Gasteiger partial charge < -0.3 is 19.3 Å². The maximum Gasteiger partial charge on any atom is 0.300 e. The van der Waals surface area contributed by atoms with E-state index in [0.717, 1.165) is 0 Å². The Bertz CT molecular complexity index is 1470. The molecule has 1 aliphatic rings. The average molecular weight is 533 g/mol. The minimum atomic E-state index is -1.01. The quantitative estimate of drug-likeness (QED) is 0.238. The van der Waals surface area contributed by atoms with E-state index in [-0.39, 0.29) is 33.8 Å². The molecule has 0 saturated carbocycles. The topological polar surface area (TPSA) is 109 Å². The molecule has 1 heterocycles. The van der Waals surface area contributed by atoms with Crippen molar-refractivity contribution in [1.82, 2.24) is 0 Å². The number of ketones is 1. The first kappa shape index (κ1) is 26.6. The lowest BCUT2D eigenvalue weighted by molar-refractivity contribution is -0.132. The van der Waals surface area contributed by atoms with Crippen LogP contribution in [0.25, 0.3) is 5.76 Å². The molecule has 0 radical (unpaired) electrons. The fraction of sp³-hybridized carbons (Fsp3) is 0.207.